The molecule has 0 radical (unpaired) electrons. The van der Waals surface area contributed by atoms with E-state index in [9.17, 15) is 13.2 Å². The Kier molecular flexibility index (Phi) is 6.84. The fourth-order valence-electron chi connectivity index (χ4n) is 3.30. The van der Waals surface area contributed by atoms with Gasteiger partial charge in [-0.2, -0.15) is 4.31 Å². The molecule has 1 N–H and O–H groups in total. The number of amides is 1. The summed E-state index contributed by atoms with van der Waals surface area (Å²) in [7, 11) is -0.219. The van der Waals surface area contributed by atoms with E-state index in [-0.39, 0.29) is 23.1 Å². The minimum atomic E-state index is -3.86. The molecule has 1 aromatic carbocycles. The molecular weight excluding hydrogens is 428 g/mol. The summed E-state index contributed by atoms with van der Waals surface area (Å²) in [6.07, 6.45) is 4.46. The van der Waals surface area contributed by atoms with Crippen LogP contribution < -0.4 is 5.32 Å². The lowest BCUT2D eigenvalue weighted by atomic mass is 9.99. The molecule has 0 saturated carbocycles. The average Bonchev–Trinajstić information content (AvgIpc) is 3.09. The Morgan fingerprint density at radius 1 is 1.33 bits per heavy atom. The number of piperidine rings is 1. The molecule has 1 aliphatic rings. The van der Waals surface area contributed by atoms with Gasteiger partial charge in [0.1, 0.15) is 5.69 Å². The van der Waals surface area contributed by atoms with Crippen LogP contribution in [0.25, 0.3) is 6.08 Å². The van der Waals surface area contributed by atoms with Crippen molar-refractivity contribution in [2.24, 2.45) is 5.92 Å². The summed E-state index contributed by atoms with van der Waals surface area (Å²) in [6, 6.07) is 6.79. The maximum atomic E-state index is 13.3. The fourth-order valence-corrected chi connectivity index (χ4v) is 5.20. The van der Waals surface area contributed by atoms with E-state index < -0.39 is 15.9 Å². The van der Waals surface area contributed by atoms with Crippen molar-refractivity contribution in [2.45, 2.75) is 24.7 Å². The van der Waals surface area contributed by atoms with E-state index in [1.807, 2.05) is 14.1 Å². The number of carbonyl (C=O) groups excluding carboxylic acids is 1. The summed E-state index contributed by atoms with van der Waals surface area (Å²) < 4.78 is 33.2. The quantitative estimate of drug-likeness (QED) is 0.723. The number of nitrogens with one attached hydrogen (secondary N) is 1. The number of rotatable bonds is 6. The Bertz CT molecular complexity index is 1030. The number of carbonyl (C=O) groups is 1. The summed E-state index contributed by atoms with van der Waals surface area (Å²) in [5.74, 6) is -0.494. The van der Waals surface area contributed by atoms with E-state index in [1.54, 1.807) is 48.4 Å². The fraction of sp³-hybridized carbons (Fsp3) is 0.400. The van der Waals surface area contributed by atoms with E-state index >= 15 is 0 Å². The highest BCUT2D eigenvalue weighted by atomic mass is 35.5. The first kappa shape index (κ1) is 22.3. The molecule has 1 saturated heterocycles. The minimum absolute atomic E-state index is 0.0411. The van der Waals surface area contributed by atoms with Gasteiger partial charge in [-0.15, -0.1) is 0 Å². The van der Waals surface area contributed by atoms with Crippen molar-refractivity contribution in [2.75, 3.05) is 32.5 Å². The predicted octanol–water partition coefficient (Wildman–Crippen LogP) is 3.21. The van der Waals surface area contributed by atoms with Gasteiger partial charge in [-0.1, -0.05) is 16.8 Å². The van der Waals surface area contributed by atoms with E-state index in [4.69, 9.17) is 16.1 Å². The zero-order chi connectivity index (χ0) is 21.9. The minimum Gasteiger partial charge on any atom is -0.383 e. The van der Waals surface area contributed by atoms with Gasteiger partial charge in [-0.25, -0.2) is 8.42 Å². The second kappa shape index (κ2) is 9.20. The number of halogens is 1. The first-order chi connectivity index (χ1) is 14.2. The molecule has 0 aliphatic carbocycles. The van der Waals surface area contributed by atoms with Gasteiger partial charge in [0.25, 0.3) is 0 Å². The number of anilines is 1. The van der Waals surface area contributed by atoms with Crippen molar-refractivity contribution in [3.63, 3.8) is 0 Å². The third-order valence-electron chi connectivity index (χ3n) is 4.82. The predicted molar refractivity (Wildman–Crippen MR) is 116 cm³/mol. The maximum Gasteiger partial charge on any atom is 0.248 e. The van der Waals surface area contributed by atoms with E-state index in [1.165, 1.54) is 4.31 Å². The molecular formula is C20H25ClN4O4S. The number of sulfonamides is 1. The van der Waals surface area contributed by atoms with Crippen LogP contribution in [-0.2, 0) is 14.8 Å². The average molecular weight is 453 g/mol. The number of hydrogen-bond acceptors (Lipinski definition) is 6. The monoisotopic (exact) mass is 452 g/mol. The standard InChI is InChI=1S/C20H25ClN4O4S/c1-14-19(18(29-23-14)10-12-24(2)3)30(27,28)25-11-4-5-15(13-25)20(26)22-17-8-6-16(21)7-9-17/h6-10,12,15H,4-5,11,13H2,1-3H3,(H,22,26)/b12-10+/t15-/m1/s1. The number of nitrogens with zero attached hydrogens (tertiary/aromatic N) is 3. The largest absolute Gasteiger partial charge is 0.383 e. The molecule has 30 heavy (non-hydrogen) atoms. The molecule has 1 amide bonds. The second-order valence-electron chi connectivity index (χ2n) is 7.44. The summed E-state index contributed by atoms with van der Waals surface area (Å²) in [6.45, 7) is 2.04. The van der Waals surface area contributed by atoms with Crippen LogP contribution in [0.4, 0.5) is 5.69 Å². The molecule has 162 valence electrons. The smallest absolute Gasteiger partial charge is 0.248 e. The van der Waals surface area contributed by atoms with Gasteiger partial charge in [-0.3, -0.25) is 4.79 Å². The lowest BCUT2D eigenvalue weighted by Crippen LogP contribution is -2.43. The number of aryl methyl sites for hydroxylation is 1. The first-order valence-electron chi connectivity index (χ1n) is 9.56. The van der Waals surface area contributed by atoms with Crippen LogP contribution in [0.3, 0.4) is 0 Å². The van der Waals surface area contributed by atoms with Crippen LogP contribution in [0, 0.1) is 12.8 Å². The van der Waals surface area contributed by atoms with Crippen molar-refractivity contribution in [3.05, 3.63) is 46.9 Å². The summed E-state index contributed by atoms with van der Waals surface area (Å²) in [5, 5.41) is 7.24. The third-order valence-corrected chi connectivity index (χ3v) is 7.10. The Morgan fingerprint density at radius 2 is 2.03 bits per heavy atom. The Balaban J connectivity index is 1.78. The Hall–Kier alpha value is -2.36. The van der Waals surface area contributed by atoms with Crippen molar-refractivity contribution in [3.8, 4) is 0 Å². The first-order valence-corrected chi connectivity index (χ1v) is 11.4. The molecule has 8 nitrogen and oxygen atoms in total. The molecule has 0 spiro atoms. The summed E-state index contributed by atoms with van der Waals surface area (Å²) >= 11 is 5.87. The second-order valence-corrected chi connectivity index (χ2v) is 9.75. The van der Waals surface area contributed by atoms with Crippen molar-refractivity contribution >= 4 is 39.3 Å². The van der Waals surface area contributed by atoms with Crippen LogP contribution in [-0.4, -0.2) is 55.9 Å². The SMILES string of the molecule is Cc1noc(/C=C/N(C)C)c1S(=O)(=O)N1CCC[C@@H](C(=O)Nc2ccc(Cl)cc2)C1. The lowest BCUT2D eigenvalue weighted by Gasteiger charge is -2.31. The number of hydrogen-bond donors (Lipinski definition) is 1. The van der Waals surface area contributed by atoms with Gasteiger partial charge in [0.15, 0.2) is 10.7 Å². The van der Waals surface area contributed by atoms with Crippen molar-refractivity contribution in [1.82, 2.24) is 14.4 Å². The Labute approximate surface area is 181 Å². The molecule has 3 rings (SSSR count). The van der Waals surface area contributed by atoms with Crippen LogP contribution in [0.1, 0.15) is 24.3 Å². The molecule has 0 unspecified atom stereocenters. The van der Waals surface area contributed by atoms with Crippen LogP contribution in [0.15, 0.2) is 39.9 Å². The zero-order valence-corrected chi connectivity index (χ0v) is 18.7. The number of benzene rings is 1. The highest BCUT2D eigenvalue weighted by Gasteiger charge is 2.36. The van der Waals surface area contributed by atoms with Gasteiger partial charge >= 0.3 is 0 Å². The van der Waals surface area contributed by atoms with Crippen molar-refractivity contribution < 1.29 is 17.7 Å². The van der Waals surface area contributed by atoms with Gasteiger partial charge in [0.2, 0.25) is 15.9 Å². The van der Waals surface area contributed by atoms with E-state index in [0.29, 0.717) is 35.8 Å². The van der Waals surface area contributed by atoms with Gasteiger partial charge < -0.3 is 14.7 Å². The topological polar surface area (TPSA) is 95.8 Å². The van der Waals surface area contributed by atoms with Crippen LogP contribution in [0.2, 0.25) is 5.02 Å². The molecule has 10 heteroatoms. The molecule has 1 aromatic heterocycles. The third kappa shape index (κ3) is 5.03. The zero-order valence-electron chi connectivity index (χ0n) is 17.1. The summed E-state index contributed by atoms with van der Waals surface area (Å²) in [5.41, 5.74) is 0.913. The summed E-state index contributed by atoms with van der Waals surface area (Å²) in [4.78, 5) is 14.5. The number of aromatic nitrogens is 1. The van der Waals surface area contributed by atoms with E-state index in [2.05, 4.69) is 10.5 Å². The molecule has 1 fully saturated rings. The highest BCUT2D eigenvalue weighted by molar-refractivity contribution is 7.89. The Morgan fingerprint density at radius 3 is 2.70 bits per heavy atom. The molecule has 1 atom stereocenters. The van der Waals surface area contributed by atoms with Crippen molar-refractivity contribution in [1.29, 1.82) is 0 Å². The molecule has 1 aliphatic heterocycles. The van der Waals surface area contributed by atoms with Gasteiger partial charge in [0, 0.05) is 50.2 Å². The normalized spacial score (nSPS) is 17.9. The molecule has 0 bridgehead atoms. The van der Waals surface area contributed by atoms with Gasteiger partial charge in [-0.05, 0) is 44.0 Å². The molecule has 2 heterocycles. The van der Waals surface area contributed by atoms with Crippen LogP contribution in [0.5, 0.6) is 0 Å². The highest BCUT2D eigenvalue weighted by Crippen LogP contribution is 2.29. The van der Waals surface area contributed by atoms with Crippen LogP contribution >= 0.6 is 11.6 Å². The maximum absolute atomic E-state index is 13.3. The van der Waals surface area contributed by atoms with Gasteiger partial charge in [0.05, 0.1) is 5.92 Å². The van der Waals surface area contributed by atoms with E-state index in [0.717, 1.165) is 0 Å². The lowest BCUT2D eigenvalue weighted by molar-refractivity contribution is -0.120. The molecule has 2 aromatic rings.